The van der Waals surface area contributed by atoms with Gasteiger partial charge in [0, 0.05) is 29.8 Å². The van der Waals surface area contributed by atoms with E-state index < -0.39 is 27.9 Å². The molecule has 4 aliphatic carbocycles. The van der Waals surface area contributed by atoms with E-state index in [1.165, 1.54) is 5.57 Å². The van der Waals surface area contributed by atoms with Gasteiger partial charge < -0.3 is 14.9 Å². The molecule has 4 heteroatoms. The molecule has 2 N–H and O–H groups in total. The monoisotopic (exact) mass is 348 g/mol. The summed E-state index contributed by atoms with van der Waals surface area (Å²) in [5.74, 6) is -0.0701. The fraction of sp³-hybridized carbons (Fsp3) is 0.857. The number of aliphatic hydroxyl groups excluding tert-OH is 1. The van der Waals surface area contributed by atoms with Crippen LogP contribution in [0, 0.1) is 22.2 Å². The van der Waals surface area contributed by atoms with Crippen molar-refractivity contribution in [3.8, 4) is 0 Å². The summed E-state index contributed by atoms with van der Waals surface area (Å²) in [6.07, 6.45) is 2.73. The van der Waals surface area contributed by atoms with E-state index in [4.69, 9.17) is 4.74 Å². The summed E-state index contributed by atoms with van der Waals surface area (Å²) in [7, 11) is 0. The normalized spacial score (nSPS) is 54.7. The van der Waals surface area contributed by atoms with Gasteiger partial charge in [-0.1, -0.05) is 25.0 Å². The third-order valence-corrected chi connectivity index (χ3v) is 8.86. The summed E-state index contributed by atoms with van der Waals surface area (Å²) in [5, 5.41) is 22.6. The zero-order valence-corrected chi connectivity index (χ0v) is 16.2. The molecule has 1 spiro atoms. The van der Waals surface area contributed by atoms with Crippen molar-refractivity contribution in [2.75, 3.05) is 6.61 Å². The topological polar surface area (TPSA) is 66.8 Å². The molecule has 4 aliphatic rings. The van der Waals surface area contributed by atoms with E-state index >= 15 is 0 Å². The molecule has 0 saturated heterocycles. The van der Waals surface area contributed by atoms with Crippen LogP contribution in [0.15, 0.2) is 11.1 Å². The van der Waals surface area contributed by atoms with E-state index in [1.807, 2.05) is 20.8 Å². The van der Waals surface area contributed by atoms with Crippen LogP contribution in [0.2, 0.25) is 0 Å². The number of ether oxygens (including phenoxy) is 1. The van der Waals surface area contributed by atoms with Crippen LogP contribution in [0.25, 0.3) is 0 Å². The standard InChI is InChI=1S/C21H32O4/c1-6-25-14-9-15(22)18(4)17(23)13(3)16-12(2)7-8-21(24)11-20(18,10-14)19(16,21)5/h13-15,22,24H,6-11H2,1-5H3/t13-,14-,15+,18+,19-,20?,21-/m1/s1. The first kappa shape index (κ1) is 17.7. The lowest BCUT2D eigenvalue weighted by Crippen LogP contribution is -2.83. The first-order valence-electron chi connectivity index (χ1n) is 9.85. The van der Waals surface area contributed by atoms with Gasteiger partial charge in [0.05, 0.1) is 23.2 Å². The van der Waals surface area contributed by atoms with Crippen LogP contribution in [0.5, 0.6) is 0 Å². The number of carbonyl (C=O) groups excluding carboxylic acids is 1. The van der Waals surface area contributed by atoms with Crippen molar-refractivity contribution in [2.24, 2.45) is 22.2 Å². The van der Waals surface area contributed by atoms with Crippen molar-refractivity contribution in [3.05, 3.63) is 11.1 Å². The molecular formula is C21H32O4. The lowest BCUT2D eigenvalue weighted by atomic mass is 9.24. The van der Waals surface area contributed by atoms with E-state index in [-0.39, 0.29) is 17.8 Å². The smallest absolute Gasteiger partial charge is 0.148 e. The molecule has 1 unspecified atom stereocenters. The van der Waals surface area contributed by atoms with Gasteiger partial charge in [-0.15, -0.1) is 0 Å². The minimum atomic E-state index is -0.803. The highest BCUT2D eigenvalue weighted by Gasteiger charge is 2.84. The maximum atomic E-state index is 13.5. The van der Waals surface area contributed by atoms with Gasteiger partial charge in [0.15, 0.2) is 0 Å². The molecule has 0 bridgehead atoms. The Morgan fingerprint density at radius 1 is 1.32 bits per heavy atom. The molecule has 0 heterocycles. The highest BCUT2D eigenvalue weighted by Crippen LogP contribution is 2.82. The molecule has 7 atom stereocenters. The summed E-state index contributed by atoms with van der Waals surface area (Å²) < 4.78 is 5.91. The fourth-order valence-corrected chi connectivity index (χ4v) is 7.61. The van der Waals surface area contributed by atoms with Gasteiger partial charge in [-0.3, -0.25) is 4.79 Å². The summed E-state index contributed by atoms with van der Waals surface area (Å²) in [6, 6.07) is 0. The summed E-state index contributed by atoms with van der Waals surface area (Å²) in [4.78, 5) is 13.5. The number of allylic oxidation sites excluding steroid dienone is 1. The minimum absolute atomic E-state index is 0.0425. The number of rotatable bonds is 2. The number of ketones is 1. The Hall–Kier alpha value is -0.710. The van der Waals surface area contributed by atoms with Crippen LogP contribution in [0.3, 0.4) is 0 Å². The molecule has 0 aromatic carbocycles. The first-order chi connectivity index (χ1) is 11.6. The maximum absolute atomic E-state index is 13.5. The summed E-state index contributed by atoms with van der Waals surface area (Å²) in [5.41, 5.74) is 0.00340. The van der Waals surface area contributed by atoms with E-state index in [1.54, 1.807) is 0 Å². The number of Topliss-reactive ketones (excluding diaryl/α,β-unsaturated/α-hetero) is 1. The Labute approximate surface area is 150 Å². The molecule has 0 aromatic heterocycles. The molecule has 0 aromatic rings. The van der Waals surface area contributed by atoms with Gasteiger partial charge in [-0.05, 0) is 46.5 Å². The van der Waals surface area contributed by atoms with Crippen molar-refractivity contribution in [2.45, 2.75) is 84.5 Å². The molecule has 4 rings (SSSR count). The van der Waals surface area contributed by atoms with Crippen molar-refractivity contribution >= 4 is 5.78 Å². The van der Waals surface area contributed by atoms with Crippen LogP contribution in [-0.4, -0.2) is 40.4 Å². The predicted molar refractivity (Wildman–Crippen MR) is 95.0 cm³/mol. The Bertz CT molecular complexity index is 669. The Balaban J connectivity index is 1.94. The minimum Gasteiger partial charge on any atom is -0.392 e. The summed E-state index contributed by atoms with van der Waals surface area (Å²) >= 11 is 0. The lowest BCUT2D eigenvalue weighted by Gasteiger charge is -2.80. The molecule has 25 heavy (non-hydrogen) atoms. The molecule has 0 aliphatic heterocycles. The van der Waals surface area contributed by atoms with Gasteiger partial charge in [0.2, 0.25) is 0 Å². The largest absolute Gasteiger partial charge is 0.392 e. The van der Waals surface area contributed by atoms with Gasteiger partial charge in [0.25, 0.3) is 0 Å². The molecular weight excluding hydrogens is 316 g/mol. The van der Waals surface area contributed by atoms with Crippen molar-refractivity contribution in [1.82, 2.24) is 0 Å². The van der Waals surface area contributed by atoms with Gasteiger partial charge in [-0.2, -0.15) is 0 Å². The number of carbonyl (C=O) groups is 1. The highest BCUT2D eigenvalue weighted by atomic mass is 16.5. The zero-order chi connectivity index (χ0) is 18.4. The predicted octanol–water partition coefficient (Wildman–Crippen LogP) is 3.01. The third kappa shape index (κ3) is 1.64. The SMILES string of the molecule is CCO[C@@H]1C[C@H](O)[C@@]2(C)C(=O)[C@H](C)C3=C(C)CC[C@@]4(O)CC2(C1)[C@@]34C. The lowest BCUT2D eigenvalue weighted by molar-refractivity contribution is -0.331. The fourth-order valence-electron chi connectivity index (χ4n) is 7.61. The second-order valence-electron chi connectivity index (χ2n) is 9.43. The van der Waals surface area contributed by atoms with E-state index in [2.05, 4.69) is 13.8 Å². The van der Waals surface area contributed by atoms with Gasteiger partial charge >= 0.3 is 0 Å². The third-order valence-electron chi connectivity index (χ3n) is 8.86. The van der Waals surface area contributed by atoms with Gasteiger partial charge in [-0.25, -0.2) is 0 Å². The highest BCUT2D eigenvalue weighted by molar-refractivity contribution is 5.93. The molecule has 3 saturated carbocycles. The Morgan fingerprint density at radius 2 is 2.00 bits per heavy atom. The van der Waals surface area contributed by atoms with Crippen LogP contribution in [0.1, 0.15) is 66.7 Å². The second-order valence-corrected chi connectivity index (χ2v) is 9.43. The van der Waals surface area contributed by atoms with Crippen LogP contribution in [0.4, 0.5) is 0 Å². The van der Waals surface area contributed by atoms with Gasteiger partial charge in [0.1, 0.15) is 5.78 Å². The molecule has 140 valence electrons. The maximum Gasteiger partial charge on any atom is 0.148 e. The van der Waals surface area contributed by atoms with Crippen molar-refractivity contribution < 1.29 is 19.7 Å². The molecule has 3 fully saturated rings. The van der Waals surface area contributed by atoms with Crippen LogP contribution in [-0.2, 0) is 9.53 Å². The number of hydrogen-bond acceptors (Lipinski definition) is 4. The zero-order valence-electron chi connectivity index (χ0n) is 16.2. The van der Waals surface area contributed by atoms with Crippen LogP contribution < -0.4 is 0 Å². The van der Waals surface area contributed by atoms with Crippen LogP contribution >= 0.6 is 0 Å². The molecule has 0 amide bonds. The summed E-state index contributed by atoms with van der Waals surface area (Å²) in [6.45, 7) is 10.8. The second kappa shape index (κ2) is 4.96. The Morgan fingerprint density at radius 3 is 2.64 bits per heavy atom. The number of aliphatic hydroxyl groups is 2. The average molecular weight is 348 g/mol. The van der Waals surface area contributed by atoms with E-state index in [0.717, 1.165) is 24.8 Å². The van der Waals surface area contributed by atoms with E-state index in [9.17, 15) is 15.0 Å². The first-order valence-corrected chi connectivity index (χ1v) is 9.85. The molecule has 4 nitrogen and oxygen atoms in total. The quantitative estimate of drug-likeness (QED) is 0.753. The number of hydrogen-bond donors (Lipinski definition) is 2. The van der Waals surface area contributed by atoms with Crippen molar-refractivity contribution in [3.63, 3.8) is 0 Å². The average Bonchev–Trinajstić information content (AvgIpc) is 2.54. The Kier molecular flexibility index (Phi) is 3.51. The molecule has 0 radical (unpaired) electrons. The van der Waals surface area contributed by atoms with Crippen molar-refractivity contribution in [1.29, 1.82) is 0 Å². The van der Waals surface area contributed by atoms with E-state index in [0.29, 0.717) is 19.4 Å².